The molecule has 0 aromatic heterocycles. The molecule has 4 rings (SSSR count). The van der Waals surface area contributed by atoms with Crippen LogP contribution in [0.1, 0.15) is 56.7 Å². The lowest BCUT2D eigenvalue weighted by molar-refractivity contribution is 0.357. The summed E-state index contributed by atoms with van der Waals surface area (Å²) in [5, 5.41) is 18.2. The molecular weight excluding hydrogens is 600 g/mol. The van der Waals surface area contributed by atoms with Crippen LogP contribution in [0.4, 0.5) is 4.20 Å². The Morgan fingerprint density at radius 3 is 1.67 bits per heavy atom. The third-order valence-electron chi connectivity index (χ3n) is 5.57. The molecule has 4 aromatic carbocycles. The van der Waals surface area contributed by atoms with E-state index < -0.39 is 8.69 Å². The van der Waals surface area contributed by atoms with E-state index in [1.807, 2.05) is 61.5 Å². The maximum Gasteiger partial charge on any atom is 0.438 e. The normalized spacial score (nSPS) is 10.2. The summed E-state index contributed by atoms with van der Waals surface area (Å²) in [7, 11) is 1.13. The standard InChI is InChI=1S/C13H13FO3P2.C11H16O.C7H8O.C3H8.H3P/c1-15-19(14)17-13-8-4-11(5-9-13)10-2-6-12(16-18)7-3-10;1-3-4-5-10-8-9(2)6-7-11(10)12;1-6-2-4-7(8)5-3-6;1-3-2;/h2-9H,18H2,1H3;6-8,12H,3-5H2,1-2H3;2-5,8H,1H3;3H2,1-2H3;1H3. The van der Waals surface area contributed by atoms with E-state index in [4.69, 9.17) is 14.2 Å². The highest BCUT2D eigenvalue weighted by Gasteiger charge is 2.08. The smallest absolute Gasteiger partial charge is 0.438 e. The molecular formula is C34H48FO5P3. The highest BCUT2D eigenvalue weighted by molar-refractivity contribution is 7.41. The van der Waals surface area contributed by atoms with Crippen LogP contribution in [0.25, 0.3) is 11.1 Å². The van der Waals surface area contributed by atoms with E-state index in [1.54, 1.807) is 30.3 Å². The van der Waals surface area contributed by atoms with E-state index in [2.05, 4.69) is 47.8 Å². The van der Waals surface area contributed by atoms with Gasteiger partial charge in [0.1, 0.15) is 23.0 Å². The number of halogens is 1. The van der Waals surface area contributed by atoms with E-state index in [0.29, 0.717) is 17.2 Å². The summed E-state index contributed by atoms with van der Waals surface area (Å²) in [6.45, 7) is 10.4. The quantitative estimate of drug-likeness (QED) is 0.186. The summed E-state index contributed by atoms with van der Waals surface area (Å²) in [5.74, 6) is 1.99. The molecule has 3 atom stereocenters. The summed E-state index contributed by atoms with van der Waals surface area (Å²) < 4.78 is 27.4. The first-order valence-electron chi connectivity index (χ1n) is 14.0. The van der Waals surface area contributed by atoms with Gasteiger partial charge in [-0.3, -0.25) is 0 Å². The predicted molar refractivity (Wildman–Crippen MR) is 189 cm³/mol. The SMILES string of the molecule is CCC.CCCCc1cc(C)ccc1O.COP(F)Oc1ccc(-c2ccc(OP)cc2)cc1.Cc1ccc(O)cc1.P. The average Bonchev–Trinajstić information content (AvgIpc) is 3.00. The second kappa shape index (κ2) is 23.7. The van der Waals surface area contributed by atoms with Crippen LogP contribution in [0.2, 0.25) is 0 Å². The Kier molecular flexibility index (Phi) is 22.2. The monoisotopic (exact) mass is 648 g/mol. The minimum Gasteiger partial charge on any atom is -0.508 e. The molecule has 0 saturated heterocycles. The van der Waals surface area contributed by atoms with Crippen molar-refractivity contribution in [2.24, 2.45) is 0 Å². The Hall–Kier alpha value is -2.74. The first-order chi connectivity index (χ1) is 20.2. The topological polar surface area (TPSA) is 68.2 Å². The van der Waals surface area contributed by atoms with Crippen LogP contribution in [-0.2, 0) is 10.9 Å². The number of hydrogen-bond donors (Lipinski definition) is 2. The molecule has 0 radical (unpaired) electrons. The minimum absolute atomic E-state index is 0. The Balaban J connectivity index is 0.000000630. The van der Waals surface area contributed by atoms with Crippen LogP contribution in [0.5, 0.6) is 23.0 Å². The number of rotatable bonds is 8. The van der Waals surface area contributed by atoms with E-state index in [1.165, 1.54) is 31.1 Å². The number of aryl methyl sites for hydroxylation is 3. The number of hydrogen-bond acceptors (Lipinski definition) is 5. The second-order valence-electron chi connectivity index (χ2n) is 9.43. The maximum absolute atomic E-state index is 12.9. The molecule has 0 saturated carbocycles. The molecule has 2 N–H and O–H groups in total. The van der Waals surface area contributed by atoms with Gasteiger partial charge in [0.25, 0.3) is 0 Å². The van der Waals surface area contributed by atoms with Gasteiger partial charge in [0.2, 0.25) is 0 Å². The van der Waals surface area contributed by atoms with Gasteiger partial charge in [0.15, 0.2) is 0 Å². The molecule has 3 unspecified atom stereocenters. The zero-order chi connectivity index (χ0) is 31.3. The fourth-order valence-corrected chi connectivity index (χ4v) is 3.90. The van der Waals surface area contributed by atoms with Gasteiger partial charge in [0, 0.05) is 7.11 Å². The van der Waals surface area contributed by atoms with Gasteiger partial charge >= 0.3 is 8.69 Å². The molecule has 0 amide bonds. The molecule has 0 spiro atoms. The van der Waals surface area contributed by atoms with Crippen LogP contribution >= 0.6 is 28.1 Å². The Labute approximate surface area is 264 Å². The third-order valence-corrected chi connectivity index (χ3v) is 6.48. The van der Waals surface area contributed by atoms with E-state index in [-0.39, 0.29) is 9.90 Å². The van der Waals surface area contributed by atoms with Crippen molar-refractivity contribution in [3.63, 3.8) is 0 Å². The Bertz CT molecular complexity index is 1230. The van der Waals surface area contributed by atoms with Crippen molar-refractivity contribution < 1.29 is 28.0 Å². The van der Waals surface area contributed by atoms with Crippen molar-refractivity contribution >= 4 is 28.1 Å². The lowest BCUT2D eigenvalue weighted by Gasteiger charge is -2.08. The Morgan fingerprint density at radius 1 is 0.744 bits per heavy atom. The van der Waals surface area contributed by atoms with Crippen LogP contribution in [0.3, 0.4) is 0 Å². The highest BCUT2D eigenvalue weighted by atomic mass is 31.2. The lowest BCUT2D eigenvalue weighted by atomic mass is 10.1. The summed E-state index contributed by atoms with van der Waals surface area (Å²) >= 11 is 0. The molecule has 0 fully saturated rings. The fourth-order valence-electron chi connectivity index (χ4n) is 3.38. The number of phenolic OH excluding ortho intramolecular Hbond substituents is 2. The molecule has 0 heterocycles. The van der Waals surface area contributed by atoms with Crippen molar-refractivity contribution in [3.8, 4) is 34.1 Å². The van der Waals surface area contributed by atoms with Gasteiger partial charge < -0.3 is 23.8 Å². The fraction of sp³-hybridized carbons (Fsp3) is 0.294. The number of phenols is 2. The first-order valence-corrected chi connectivity index (χ1v) is 15.5. The molecule has 0 aliphatic rings. The van der Waals surface area contributed by atoms with Gasteiger partial charge in [-0.05, 0) is 85.8 Å². The van der Waals surface area contributed by atoms with Gasteiger partial charge in [-0.25, -0.2) is 0 Å². The molecule has 4 aromatic rings. The minimum atomic E-state index is -2.34. The molecule has 236 valence electrons. The van der Waals surface area contributed by atoms with Crippen molar-refractivity contribution in [1.82, 2.24) is 0 Å². The number of benzene rings is 4. The summed E-state index contributed by atoms with van der Waals surface area (Å²) in [6, 6.07) is 27.7. The maximum atomic E-state index is 12.9. The van der Waals surface area contributed by atoms with Crippen molar-refractivity contribution in [2.45, 2.75) is 60.3 Å². The molecule has 5 nitrogen and oxygen atoms in total. The Morgan fingerprint density at radius 2 is 1.23 bits per heavy atom. The molecule has 43 heavy (non-hydrogen) atoms. The van der Waals surface area contributed by atoms with Gasteiger partial charge in [0.05, 0.1) is 9.47 Å². The summed E-state index contributed by atoms with van der Waals surface area (Å²) in [4.78, 5) is 0. The van der Waals surface area contributed by atoms with E-state index in [0.717, 1.165) is 35.3 Å². The number of aromatic hydroxyl groups is 2. The van der Waals surface area contributed by atoms with Gasteiger partial charge in [-0.15, -0.1) is 4.20 Å². The second-order valence-corrected chi connectivity index (χ2v) is 10.6. The van der Waals surface area contributed by atoms with E-state index in [9.17, 15) is 9.30 Å². The summed E-state index contributed by atoms with van der Waals surface area (Å²) in [6.07, 6.45) is 4.56. The van der Waals surface area contributed by atoms with Crippen LogP contribution in [-0.4, -0.2) is 17.3 Å². The lowest BCUT2D eigenvalue weighted by Crippen LogP contribution is -1.86. The zero-order valence-corrected chi connectivity index (χ0v) is 29.7. The first kappa shape index (κ1) is 40.3. The van der Waals surface area contributed by atoms with Crippen LogP contribution in [0, 0.1) is 13.8 Å². The predicted octanol–water partition coefficient (Wildman–Crippen LogP) is 11.0. The largest absolute Gasteiger partial charge is 0.508 e. The molecule has 9 heteroatoms. The van der Waals surface area contributed by atoms with Crippen LogP contribution in [0.15, 0.2) is 91.0 Å². The van der Waals surface area contributed by atoms with Gasteiger partial charge in [-0.2, -0.15) is 9.90 Å². The third kappa shape index (κ3) is 17.2. The van der Waals surface area contributed by atoms with Crippen molar-refractivity contribution in [3.05, 3.63) is 108 Å². The van der Waals surface area contributed by atoms with E-state index >= 15 is 0 Å². The van der Waals surface area contributed by atoms with Crippen molar-refractivity contribution in [2.75, 3.05) is 7.11 Å². The summed E-state index contributed by atoms with van der Waals surface area (Å²) in [5.41, 5.74) is 5.54. The number of unbranched alkanes of at least 4 members (excludes halogenated alkanes) is 1. The highest BCUT2D eigenvalue weighted by Crippen LogP contribution is 2.40. The molecule has 0 aliphatic heterocycles. The van der Waals surface area contributed by atoms with Gasteiger partial charge in [-0.1, -0.05) is 93.3 Å². The molecule has 0 bridgehead atoms. The zero-order valence-electron chi connectivity index (χ0n) is 26.2. The average molecular weight is 649 g/mol. The molecule has 0 aliphatic carbocycles. The van der Waals surface area contributed by atoms with Crippen LogP contribution < -0.4 is 9.05 Å². The van der Waals surface area contributed by atoms with Crippen molar-refractivity contribution in [1.29, 1.82) is 0 Å².